The van der Waals surface area contributed by atoms with Crippen molar-refractivity contribution < 1.29 is 9.53 Å². The van der Waals surface area contributed by atoms with Crippen molar-refractivity contribution in [2.75, 3.05) is 32.1 Å². The Hall–Kier alpha value is -3.22. The van der Waals surface area contributed by atoms with Crippen molar-refractivity contribution in [1.29, 1.82) is 0 Å². The number of anilines is 1. The van der Waals surface area contributed by atoms with Crippen LogP contribution in [0.4, 0.5) is 5.13 Å². The van der Waals surface area contributed by atoms with Crippen LogP contribution in [-0.4, -0.2) is 43.0 Å². The molecule has 0 unspecified atom stereocenters. The number of aryl methyl sites for hydroxylation is 1. The molecule has 3 aromatic carbocycles. The van der Waals surface area contributed by atoms with E-state index in [-0.39, 0.29) is 5.91 Å². The maximum absolute atomic E-state index is 13.7. The largest absolute Gasteiger partial charge is 0.457 e. The number of hydrogen-bond acceptors (Lipinski definition) is 5. The number of carbonyl (C=O) groups is 1. The monoisotopic (exact) mass is 431 g/mol. The lowest BCUT2D eigenvalue weighted by Gasteiger charge is -2.23. The van der Waals surface area contributed by atoms with Gasteiger partial charge in [-0.05, 0) is 56.9 Å². The molecule has 5 nitrogen and oxygen atoms in total. The Morgan fingerprint density at radius 1 is 0.935 bits per heavy atom. The number of rotatable bonds is 7. The molecule has 31 heavy (non-hydrogen) atoms. The Morgan fingerprint density at radius 2 is 1.68 bits per heavy atom. The summed E-state index contributed by atoms with van der Waals surface area (Å²) in [6.45, 7) is 3.30. The predicted octanol–water partition coefficient (Wildman–Crippen LogP) is 5.61. The third-order valence-electron chi connectivity index (χ3n) is 4.94. The van der Waals surface area contributed by atoms with Crippen LogP contribution in [0.2, 0.25) is 0 Å². The molecule has 0 bridgehead atoms. The summed E-state index contributed by atoms with van der Waals surface area (Å²) in [5.74, 6) is 1.11. The lowest BCUT2D eigenvalue weighted by Crippen LogP contribution is -2.36. The molecule has 1 amide bonds. The number of aromatic nitrogens is 1. The van der Waals surface area contributed by atoms with Gasteiger partial charge < -0.3 is 9.64 Å². The maximum atomic E-state index is 13.7. The van der Waals surface area contributed by atoms with E-state index in [1.54, 1.807) is 4.90 Å². The first-order valence-electron chi connectivity index (χ1n) is 10.2. The summed E-state index contributed by atoms with van der Waals surface area (Å²) in [4.78, 5) is 22.4. The number of benzene rings is 3. The van der Waals surface area contributed by atoms with E-state index in [1.165, 1.54) is 11.3 Å². The molecule has 0 aliphatic rings. The molecule has 0 saturated heterocycles. The zero-order chi connectivity index (χ0) is 21.8. The number of ether oxygens (including phenoxy) is 1. The summed E-state index contributed by atoms with van der Waals surface area (Å²) in [5.41, 5.74) is 2.56. The molecule has 0 spiro atoms. The normalized spacial score (nSPS) is 11.1. The van der Waals surface area contributed by atoms with Gasteiger partial charge in [-0.3, -0.25) is 9.69 Å². The van der Waals surface area contributed by atoms with Gasteiger partial charge >= 0.3 is 0 Å². The van der Waals surface area contributed by atoms with Crippen LogP contribution in [0.25, 0.3) is 10.2 Å². The molecule has 6 heteroatoms. The van der Waals surface area contributed by atoms with E-state index in [0.717, 1.165) is 22.3 Å². The minimum atomic E-state index is -0.120. The summed E-state index contributed by atoms with van der Waals surface area (Å²) in [6, 6.07) is 23.0. The van der Waals surface area contributed by atoms with Crippen LogP contribution in [0.3, 0.4) is 0 Å². The Labute approximate surface area is 186 Å². The van der Waals surface area contributed by atoms with E-state index in [1.807, 2.05) is 93.8 Å². The van der Waals surface area contributed by atoms with Crippen LogP contribution in [0, 0.1) is 6.92 Å². The lowest BCUT2D eigenvalue weighted by atomic mass is 10.1. The highest BCUT2D eigenvalue weighted by atomic mass is 32.1. The number of nitrogens with zero attached hydrogens (tertiary/aromatic N) is 3. The van der Waals surface area contributed by atoms with Crippen LogP contribution in [-0.2, 0) is 0 Å². The third-order valence-corrected chi connectivity index (χ3v) is 5.99. The highest BCUT2D eigenvalue weighted by Crippen LogP contribution is 2.33. The number of para-hydroxylation sites is 3. The SMILES string of the molecule is Cc1cccc2sc(N(CCN(C)C)C(=O)c3ccccc3Oc3ccccc3)nc12. The fraction of sp³-hybridized carbons (Fsp3) is 0.200. The van der Waals surface area contributed by atoms with Crippen molar-refractivity contribution in [2.24, 2.45) is 0 Å². The van der Waals surface area contributed by atoms with Crippen molar-refractivity contribution in [3.63, 3.8) is 0 Å². The Balaban J connectivity index is 1.72. The molecule has 0 atom stereocenters. The predicted molar refractivity (Wildman–Crippen MR) is 128 cm³/mol. The number of amides is 1. The molecule has 158 valence electrons. The van der Waals surface area contributed by atoms with Crippen molar-refractivity contribution >= 4 is 32.6 Å². The number of carbonyl (C=O) groups excluding carboxylic acids is 1. The second-order valence-electron chi connectivity index (χ2n) is 7.59. The standard InChI is InChI=1S/C25H25N3O2S/c1-18-10-9-15-22-23(18)26-25(31-22)28(17-16-27(2)3)24(29)20-13-7-8-14-21(20)30-19-11-5-4-6-12-19/h4-15H,16-17H2,1-3H3. The molecule has 1 heterocycles. The molecule has 0 N–H and O–H groups in total. The average Bonchev–Trinajstić information content (AvgIpc) is 3.20. The fourth-order valence-electron chi connectivity index (χ4n) is 3.27. The molecular weight excluding hydrogens is 406 g/mol. The Bertz CT molecular complexity index is 1190. The van der Waals surface area contributed by atoms with Gasteiger partial charge in [0, 0.05) is 13.1 Å². The first-order valence-corrected chi connectivity index (χ1v) is 11.0. The van der Waals surface area contributed by atoms with Crippen molar-refractivity contribution in [2.45, 2.75) is 6.92 Å². The molecule has 0 saturated carbocycles. The maximum Gasteiger partial charge on any atom is 0.263 e. The van der Waals surface area contributed by atoms with E-state index in [9.17, 15) is 4.79 Å². The van der Waals surface area contributed by atoms with Crippen LogP contribution >= 0.6 is 11.3 Å². The zero-order valence-electron chi connectivity index (χ0n) is 17.9. The van der Waals surface area contributed by atoms with Gasteiger partial charge in [-0.1, -0.05) is 53.8 Å². The minimum Gasteiger partial charge on any atom is -0.457 e. The summed E-state index contributed by atoms with van der Waals surface area (Å²) < 4.78 is 7.12. The van der Waals surface area contributed by atoms with Crippen molar-refractivity contribution in [1.82, 2.24) is 9.88 Å². The minimum absolute atomic E-state index is 0.120. The molecular formula is C25H25N3O2S. The Morgan fingerprint density at radius 3 is 2.42 bits per heavy atom. The highest BCUT2D eigenvalue weighted by Gasteiger charge is 2.24. The van der Waals surface area contributed by atoms with Crippen molar-refractivity contribution in [3.8, 4) is 11.5 Å². The van der Waals surface area contributed by atoms with Gasteiger partial charge in [0.2, 0.25) is 0 Å². The second-order valence-corrected chi connectivity index (χ2v) is 8.60. The fourth-order valence-corrected chi connectivity index (χ4v) is 4.34. The van der Waals surface area contributed by atoms with E-state index in [4.69, 9.17) is 9.72 Å². The average molecular weight is 432 g/mol. The quantitative estimate of drug-likeness (QED) is 0.382. The number of hydrogen-bond donors (Lipinski definition) is 0. The summed E-state index contributed by atoms with van der Waals surface area (Å²) >= 11 is 1.54. The van der Waals surface area contributed by atoms with Crippen LogP contribution in [0.5, 0.6) is 11.5 Å². The molecule has 0 radical (unpaired) electrons. The summed E-state index contributed by atoms with van der Waals surface area (Å²) in [7, 11) is 4.00. The van der Waals surface area contributed by atoms with Crippen molar-refractivity contribution in [3.05, 3.63) is 83.9 Å². The van der Waals surface area contributed by atoms with E-state index >= 15 is 0 Å². The summed E-state index contributed by atoms with van der Waals surface area (Å²) in [6.07, 6.45) is 0. The molecule has 1 aromatic heterocycles. The van der Waals surface area contributed by atoms with Crippen LogP contribution in [0.1, 0.15) is 15.9 Å². The molecule has 0 aliphatic carbocycles. The molecule has 4 rings (SSSR count). The van der Waals surface area contributed by atoms with E-state index < -0.39 is 0 Å². The van der Waals surface area contributed by atoms with Gasteiger partial charge in [-0.2, -0.15) is 0 Å². The van der Waals surface area contributed by atoms with Gasteiger partial charge in [-0.25, -0.2) is 4.98 Å². The van der Waals surface area contributed by atoms with Gasteiger partial charge in [0.1, 0.15) is 11.5 Å². The number of thiazole rings is 1. The lowest BCUT2D eigenvalue weighted by molar-refractivity contribution is 0.0983. The van der Waals surface area contributed by atoms with E-state index in [0.29, 0.717) is 28.7 Å². The highest BCUT2D eigenvalue weighted by molar-refractivity contribution is 7.22. The number of likely N-dealkylation sites (N-methyl/N-ethyl adjacent to an activating group) is 1. The molecule has 4 aromatic rings. The van der Waals surface area contributed by atoms with Gasteiger partial charge in [0.25, 0.3) is 5.91 Å². The smallest absolute Gasteiger partial charge is 0.263 e. The van der Waals surface area contributed by atoms with Gasteiger partial charge in [0.15, 0.2) is 5.13 Å². The zero-order valence-corrected chi connectivity index (χ0v) is 18.7. The molecule has 0 aliphatic heterocycles. The topological polar surface area (TPSA) is 45.7 Å². The van der Waals surface area contributed by atoms with Gasteiger partial charge in [-0.15, -0.1) is 0 Å². The van der Waals surface area contributed by atoms with Gasteiger partial charge in [0.05, 0.1) is 15.8 Å². The second kappa shape index (κ2) is 9.29. The number of fused-ring (bicyclic) bond motifs is 1. The Kier molecular flexibility index (Phi) is 6.30. The molecule has 0 fully saturated rings. The summed E-state index contributed by atoms with van der Waals surface area (Å²) in [5, 5.41) is 0.700. The first-order chi connectivity index (χ1) is 15.0. The first kappa shape index (κ1) is 21.0. The van der Waals surface area contributed by atoms with E-state index in [2.05, 4.69) is 4.90 Å². The third kappa shape index (κ3) is 4.76. The van der Waals surface area contributed by atoms with Crippen LogP contribution < -0.4 is 9.64 Å². The van der Waals surface area contributed by atoms with Crippen LogP contribution in [0.15, 0.2) is 72.8 Å².